The normalized spacial score (nSPS) is 22.9. The minimum Gasteiger partial charge on any atom is -0.379 e. The lowest BCUT2D eigenvalue weighted by Gasteiger charge is -2.42. The quantitative estimate of drug-likeness (QED) is 0.346. The number of benzene rings is 1. The van der Waals surface area contributed by atoms with Crippen LogP contribution in [0.25, 0.3) is 0 Å². The summed E-state index contributed by atoms with van der Waals surface area (Å²) in [5, 5.41) is 16.0. The van der Waals surface area contributed by atoms with Crippen LogP contribution in [0.4, 0.5) is 0 Å². The van der Waals surface area contributed by atoms with Gasteiger partial charge in [0, 0.05) is 45.6 Å². The average Bonchev–Trinajstić information content (AvgIpc) is 3.44. The van der Waals surface area contributed by atoms with Gasteiger partial charge in [-0.15, -0.1) is 0 Å². The molecule has 274 valence electrons. The zero-order valence-corrected chi connectivity index (χ0v) is 30.2. The lowest BCUT2D eigenvalue weighted by Crippen LogP contribution is -2.59. The summed E-state index contributed by atoms with van der Waals surface area (Å²) in [6.45, 7) is 13.8. The van der Waals surface area contributed by atoms with E-state index in [1.165, 1.54) is 4.68 Å². The maximum atomic E-state index is 13.9. The second kappa shape index (κ2) is 17.5. The van der Waals surface area contributed by atoms with Crippen LogP contribution >= 0.6 is 0 Å². The van der Waals surface area contributed by atoms with Crippen LogP contribution in [0.15, 0.2) is 30.3 Å². The number of morpholine rings is 1. The van der Waals surface area contributed by atoms with E-state index in [9.17, 15) is 24.0 Å². The maximum absolute atomic E-state index is 13.9. The van der Waals surface area contributed by atoms with E-state index in [2.05, 4.69) is 36.2 Å². The molecule has 3 heterocycles. The zero-order chi connectivity index (χ0) is 36.4. The third-order valence-electron chi connectivity index (χ3n) is 9.18. The zero-order valence-electron chi connectivity index (χ0n) is 30.2. The Morgan fingerprint density at radius 3 is 2.34 bits per heavy atom. The molecule has 2 aliphatic heterocycles. The van der Waals surface area contributed by atoms with Gasteiger partial charge >= 0.3 is 0 Å². The highest BCUT2D eigenvalue weighted by Gasteiger charge is 2.38. The SMILES string of the molecule is Cc1nc2n(n1)CC(=O)NCCN(C(=O)C(C)(C)N1CCOCC1)CCCC(=O)N[C@@H](C)C(=O)N[C@H](Cc1ccccc1)C(=O)N[C@H]2C(C)C. The maximum Gasteiger partial charge on any atom is 0.243 e. The van der Waals surface area contributed by atoms with E-state index in [1.807, 2.05) is 58.0 Å². The van der Waals surface area contributed by atoms with Crippen molar-refractivity contribution in [3.63, 3.8) is 0 Å². The highest BCUT2D eigenvalue weighted by molar-refractivity contribution is 5.92. The second-order valence-corrected chi connectivity index (χ2v) is 13.8. The molecule has 4 rings (SSSR count). The highest BCUT2D eigenvalue weighted by Crippen LogP contribution is 2.22. The third kappa shape index (κ3) is 10.3. The van der Waals surface area contributed by atoms with Crippen LogP contribution in [-0.2, 0) is 41.7 Å². The van der Waals surface area contributed by atoms with Crippen molar-refractivity contribution < 1.29 is 28.7 Å². The van der Waals surface area contributed by atoms with Gasteiger partial charge in [-0.25, -0.2) is 9.67 Å². The molecule has 1 saturated heterocycles. The molecule has 2 aliphatic rings. The molecule has 0 radical (unpaired) electrons. The molecule has 5 amide bonds. The van der Waals surface area contributed by atoms with Gasteiger partial charge in [0.25, 0.3) is 0 Å². The molecule has 1 aromatic heterocycles. The fourth-order valence-electron chi connectivity index (χ4n) is 6.25. The Balaban J connectivity index is 1.61. The highest BCUT2D eigenvalue weighted by atomic mass is 16.5. The van der Waals surface area contributed by atoms with Crippen LogP contribution < -0.4 is 21.3 Å². The first kappa shape index (κ1) is 38.4. The Morgan fingerprint density at radius 2 is 1.66 bits per heavy atom. The molecule has 0 bridgehead atoms. The Hall–Kier alpha value is -4.37. The summed E-state index contributed by atoms with van der Waals surface area (Å²) < 4.78 is 6.98. The first-order valence-corrected chi connectivity index (χ1v) is 17.5. The fourth-order valence-corrected chi connectivity index (χ4v) is 6.25. The van der Waals surface area contributed by atoms with E-state index in [0.717, 1.165) is 5.56 Å². The summed E-state index contributed by atoms with van der Waals surface area (Å²) in [5.74, 6) is -1.05. The van der Waals surface area contributed by atoms with Crippen molar-refractivity contribution in [3.05, 3.63) is 47.5 Å². The molecule has 0 saturated carbocycles. The molecule has 1 aromatic carbocycles. The van der Waals surface area contributed by atoms with Crippen molar-refractivity contribution in [1.29, 1.82) is 0 Å². The number of nitrogens with one attached hydrogen (secondary N) is 4. The van der Waals surface area contributed by atoms with E-state index >= 15 is 0 Å². The summed E-state index contributed by atoms with van der Waals surface area (Å²) in [7, 11) is 0. The van der Waals surface area contributed by atoms with Crippen LogP contribution in [0.5, 0.6) is 0 Å². The summed E-state index contributed by atoms with van der Waals surface area (Å²) >= 11 is 0. The summed E-state index contributed by atoms with van der Waals surface area (Å²) in [6.07, 6.45) is 0.628. The standard InChI is InChI=1S/C35H53N9O6/c1-23(2)30-31-38-25(4)41-44(31)22-29(46)36-14-16-42(34(49)35(5,6)43-17-19-50-20-18-43)15-10-13-28(45)37-24(3)32(47)39-27(33(48)40-30)21-26-11-8-7-9-12-26/h7-9,11-12,23-24,27,30H,10,13-22H2,1-6H3,(H,36,46)(H,37,45)(H,39,47)(H,40,48)/t24-,27+,30-/m0/s1. The van der Waals surface area contributed by atoms with Crippen LogP contribution in [0.1, 0.15) is 70.7 Å². The summed E-state index contributed by atoms with van der Waals surface area (Å²) in [5.41, 5.74) is 0.0163. The van der Waals surface area contributed by atoms with Crippen molar-refractivity contribution in [1.82, 2.24) is 45.8 Å². The van der Waals surface area contributed by atoms with Gasteiger partial charge in [0.2, 0.25) is 29.5 Å². The number of nitrogens with zero attached hydrogens (tertiary/aromatic N) is 5. The van der Waals surface area contributed by atoms with Gasteiger partial charge in [-0.05, 0) is 45.6 Å². The molecule has 15 heteroatoms. The Kier molecular flexibility index (Phi) is 13.5. The van der Waals surface area contributed by atoms with Gasteiger partial charge in [-0.1, -0.05) is 44.2 Å². The predicted molar refractivity (Wildman–Crippen MR) is 185 cm³/mol. The van der Waals surface area contributed by atoms with Crippen LogP contribution in [0.2, 0.25) is 0 Å². The number of ether oxygens (including phenoxy) is 1. The Morgan fingerprint density at radius 1 is 0.960 bits per heavy atom. The second-order valence-electron chi connectivity index (χ2n) is 13.8. The molecule has 2 aromatic rings. The van der Waals surface area contributed by atoms with E-state index in [4.69, 9.17) is 4.74 Å². The molecule has 1 fully saturated rings. The smallest absolute Gasteiger partial charge is 0.243 e. The molecule has 15 nitrogen and oxygen atoms in total. The number of aryl methyl sites for hydroxylation is 1. The Labute approximate surface area is 294 Å². The third-order valence-corrected chi connectivity index (χ3v) is 9.18. The van der Waals surface area contributed by atoms with Crippen molar-refractivity contribution in [2.75, 3.05) is 45.9 Å². The number of fused-ring (bicyclic) bond motifs is 1. The van der Waals surface area contributed by atoms with E-state index in [-0.39, 0.29) is 62.7 Å². The van der Waals surface area contributed by atoms with Crippen LogP contribution in [0, 0.1) is 12.8 Å². The molecule has 0 aliphatic carbocycles. The lowest BCUT2D eigenvalue weighted by atomic mass is 9.99. The number of carbonyl (C=O) groups excluding carboxylic acids is 5. The van der Waals surface area contributed by atoms with Crippen LogP contribution in [0.3, 0.4) is 0 Å². The monoisotopic (exact) mass is 695 g/mol. The number of aromatic nitrogens is 3. The van der Waals surface area contributed by atoms with Crippen molar-refractivity contribution in [3.8, 4) is 0 Å². The molecule has 3 atom stereocenters. The number of hydrogen-bond acceptors (Lipinski definition) is 9. The van der Waals surface area contributed by atoms with E-state index in [1.54, 1.807) is 18.7 Å². The van der Waals surface area contributed by atoms with E-state index in [0.29, 0.717) is 44.4 Å². The van der Waals surface area contributed by atoms with E-state index < -0.39 is 35.5 Å². The van der Waals surface area contributed by atoms with Crippen molar-refractivity contribution in [2.24, 2.45) is 5.92 Å². The molecule has 0 spiro atoms. The predicted octanol–water partition coefficient (Wildman–Crippen LogP) is 0.481. The number of carbonyl (C=O) groups is 5. The Bertz CT molecular complexity index is 1490. The molecule has 4 N–H and O–H groups in total. The van der Waals surface area contributed by atoms with Crippen molar-refractivity contribution in [2.45, 2.75) is 91.0 Å². The van der Waals surface area contributed by atoms with Gasteiger partial charge in [-0.2, -0.15) is 5.10 Å². The van der Waals surface area contributed by atoms with Gasteiger partial charge in [0.1, 0.15) is 24.5 Å². The minimum absolute atomic E-state index is 0.0736. The average molecular weight is 696 g/mol. The topological polar surface area (TPSA) is 180 Å². The summed E-state index contributed by atoms with van der Waals surface area (Å²) in [4.78, 5) is 75.8. The molecule has 50 heavy (non-hydrogen) atoms. The largest absolute Gasteiger partial charge is 0.379 e. The summed E-state index contributed by atoms with van der Waals surface area (Å²) in [6, 6.07) is 6.81. The van der Waals surface area contributed by atoms with Crippen molar-refractivity contribution >= 4 is 29.5 Å². The first-order chi connectivity index (χ1) is 23.8. The van der Waals surface area contributed by atoms with Crippen LogP contribution in [-0.4, -0.2) is 118 Å². The lowest BCUT2D eigenvalue weighted by molar-refractivity contribution is -0.146. The van der Waals surface area contributed by atoms with Gasteiger partial charge in [-0.3, -0.25) is 28.9 Å². The van der Waals surface area contributed by atoms with Gasteiger partial charge in [0.05, 0.1) is 24.8 Å². The fraction of sp³-hybridized carbons (Fsp3) is 0.629. The first-order valence-electron chi connectivity index (χ1n) is 17.5. The number of amides is 5. The number of rotatable bonds is 5. The number of hydrogen-bond donors (Lipinski definition) is 4. The van der Waals surface area contributed by atoms with Gasteiger partial charge < -0.3 is 30.9 Å². The molecular weight excluding hydrogens is 642 g/mol. The van der Waals surface area contributed by atoms with Gasteiger partial charge in [0.15, 0.2) is 5.82 Å². The minimum atomic E-state index is -0.966. The molecular formula is C35H53N9O6. The molecule has 0 unspecified atom stereocenters.